The van der Waals surface area contributed by atoms with E-state index in [1.807, 2.05) is 12.1 Å². The highest BCUT2D eigenvalue weighted by Crippen LogP contribution is 2.42. The van der Waals surface area contributed by atoms with Gasteiger partial charge in [-0.05, 0) is 122 Å². The maximum atomic E-state index is 6.17. The van der Waals surface area contributed by atoms with Crippen molar-refractivity contribution >= 4 is 49.8 Å². The lowest BCUT2D eigenvalue weighted by atomic mass is 9.96. The Bertz CT molecular complexity index is 2870. The Kier molecular flexibility index (Phi) is 7.85. The van der Waals surface area contributed by atoms with E-state index in [4.69, 9.17) is 4.42 Å². The molecule has 0 bridgehead atoms. The van der Waals surface area contributed by atoms with Crippen molar-refractivity contribution in [3.63, 3.8) is 0 Å². The molecule has 0 N–H and O–H groups in total. The topological polar surface area (TPSA) is 16.4 Å². The molecular formula is C52H35NO. The van der Waals surface area contributed by atoms with E-state index in [-0.39, 0.29) is 0 Å². The molecule has 10 rings (SSSR count). The van der Waals surface area contributed by atoms with Gasteiger partial charge < -0.3 is 9.32 Å². The van der Waals surface area contributed by atoms with Crippen molar-refractivity contribution in [1.82, 2.24) is 0 Å². The predicted molar refractivity (Wildman–Crippen MR) is 228 cm³/mol. The van der Waals surface area contributed by atoms with Crippen molar-refractivity contribution in [2.24, 2.45) is 0 Å². The van der Waals surface area contributed by atoms with Gasteiger partial charge in [0.05, 0.1) is 0 Å². The van der Waals surface area contributed by atoms with Crippen LogP contribution in [0.1, 0.15) is 0 Å². The molecule has 1 heterocycles. The second kappa shape index (κ2) is 13.4. The molecule has 0 fully saturated rings. The summed E-state index contributed by atoms with van der Waals surface area (Å²) < 4.78 is 6.17. The van der Waals surface area contributed by atoms with Crippen molar-refractivity contribution in [3.05, 3.63) is 212 Å². The number of anilines is 3. The minimum atomic E-state index is 0.899. The first-order chi connectivity index (χ1) is 26.7. The van der Waals surface area contributed by atoms with Gasteiger partial charge in [0, 0.05) is 27.8 Å². The molecular weight excluding hydrogens is 655 g/mol. The molecule has 254 valence electrons. The van der Waals surface area contributed by atoms with Gasteiger partial charge in [-0.2, -0.15) is 0 Å². The molecule has 0 saturated carbocycles. The fourth-order valence-corrected chi connectivity index (χ4v) is 7.68. The minimum absolute atomic E-state index is 0.899. The third-order valence-electron chi connectivity index (χ3n) is 10.4. The molecule has 0 spiro atoms. The van der Waals surface area contributed by atoms with Crippen LogP contribution in [0.5, 0.6) is 0 Å². The lowest BCUT2D eigenvalue weighted by molar-refractivity contribution is 0.669. The van der Waals surface area contributed by atoms with Crippen molar-refractivity contribution < 1.29 is 4.42 Å². The van der Waals surface area contributed by atoms with Crippen LogP contribution in [0.3, 0.4) is 0 Å². The van der Waals surface area contributed by atoms with Gasteiger partial charge in [-0.3, -0.25) is 0 Å². The van der Waals surface area contributed by atoms with Crippen LogP contribution in [0.15, 0.2) is 217 Å². The summed E-state index contributed by atoms with van der Waals surface area (Å²) in [6, 6.07) is 76.1. The van der Waals surface area contributed by atoms with Gasteiger partial charge in [-0.15, -0.1) is 0 Å². The van der Waals surface area contributed by atoms with Crippen LogP contribution in [0.25, 0.3) is 77.2 Å². The van der Waals surface area contributed by atoms with E-state index in [2.05, 4.69) is 205 Å². The second-order valence-electron chi connectivity index (χ2n) is 13.8. The van der Waals surface area contributed by atoms with Gasteiger partial charge in [0.15, 0.2) is 0 Å². The first-order valence-corrected chi connectivity index (χ1v) is 18.4. The number of hydrogen-bond acceptors (Lipinski definition) is 2. The highest BCUT2D eigenvalue weighted by molar-refractivity contribution is 6.06. The molecule has 9 aromatic carbocycles. The van der Waals surface area contributed by atoms with E-state index in [9.17, 15) is 0 Å². The highest BCUT2D eigenvalue weighted by Gasteiger charge is 2.18. The number of rotatable bonds is 7. The van der Waals surface area contributed by atoms with Crippen LogP contribution in [0.4, 0.5) is 17.1 Å². The molecule has 2 heteroatoms. The lowest BCUT2D eigenvalue weighted by Gasteiger charge is -2.27. The zero-order valence-electron chi connectivity index (χ0n) is 29.6. The normalized spacial score (nSPS) is 11.3. The van der Waals surface area contributed by atoms with Crippen LogP contribution in [-0.4, -0.2) is 0 Å². The number of furan rings is 1. The molecule has 0 amide bonds. The number of fused-ring (bicyclic) bond motifs is 4. The zero-order chi connectivity index (χ0) is 35.8. The molecule has 0 aliphatic heterocycles. The van der Waals surface area contributed by atoms with Gasteiger partial charge in [-0.25, -0.2) is 0 Å². The fourth-order valence-electron chi connectivity index (χ4n) is 7.68. The number of benzene rings is 9. The summed E-state index contributed by atoms with van der Waals surface area (Å²) in [5.74, 6) is 0. The highest BCUT2D eigenvalue weighted by atomic mass is 16.3. The summed E-state index contributed by atoms with van der Waals surface area (Å²) in [7, 11) is 0. The van der Waals surface area contributed by atoms with Crippen molar-refractivity contribution in [1.29, 1.82) is 0 Å². The Hall–Kier alpha value is -7.16. The average Bonchev–Trinajstić information content (AvgIpc) is 3.63. The van der Waals surface area contributed by atoms with Crippen LogP contribution >= 0.6 is 0 Å². The number of para-hydroxylation sites is 1. The standard InChI is InChI=1S/C52H35NO/c1-3-12-36(13-4-1)44-31-45(37-14-5-2-6-15-37)34-48(33-44)53(46-27-24-39(25-28-46)42-23-22-38-16-7-8-17-40(38)30-42)47-19-11-18-41(32-47)43-26-29-52-50(35-43)49-20-9-10-21-51(49)54-52/h1-35H. The van der Waals surface area contributed by atoms with Crippen LogP contribution < -0.4 is 4.90 Å². The van der Waals surface area contributed by atoms with Crippen LogP contribution in [0.2, 0.25) is 0 Å². The van der Waals surface area contributed by atoms with Gasteiger partial charge in [0.1, 0.15) is 11.2 Å². The van der Waals surface area contributed by atoms with Crippen molar-refractivity contribution in [2.45, 2.75) is 0 Å². The van der Waals surface area contributed by atoms with E-state index in [1.54, 1.807) is 0 Å². The lowest BCUT2D eigenvalue weighted by Crippen LogP contribution is -2.10. The van der Waals surface area contributed by atoms with E-state index in [1.165, 1.54) is 33.0 Å². The summed E-state index contributed by atoms with van der Waals surface area (Å²) in [4.78, 5) is 2.39. The summed E-state index contributed by atoms with van der Waals surface area (Å²) in [5.41, 5.74) is 14.4. The zero-order valence-corrected chi connectivity index (χ0v) is 29.6. The fraction of sp³-hybridized carbons (Fsp3) is 0. The second-order valence-corrected chi connectivity index (χ2v) is 13.8. The summed E-state index contributed by atoms with van der Waals surface area (Å²) >= 11 is 0. The predicted octanol–water partition coefficient (Wildman–Crippen LogP) is 14.9. The molecule has 54 heavy (non-hydrogen) atoms. The third kappa shape index (κ3) is 5.90. The van der Waals surface area contributed by atoms with Gasteiger partial charge >= 0.3 is 0 Å². The van der Waals surface area contributed by atoms with Gasteiger partial charge in [-0.1, -0.05) is 146 Å². The Balaban J connectivity index is 1.14. The monoisotopic (exact) mass is 689 g/mol. The molecule has 0 saturated heterocycles. The quantitative estimate of drug-likeness (QED) is 0.166. The minimum Gasteiger partial charge on any atom is -0.456 e. The molecule has 2 nitrogen and oxygen atoms in total. The van der Waals surface area contributed by atoms with Crippen molar-refractivity contribution in [3.8, 4) is 44.5 Å². The van der Waals surface area contributed by atoms with E-state index >= 15 is 0 Å². The first-order valence-electron chi connectivity index (χ1n) is 18.4. The van der Waals surface area contributed by atoms with E-state index in [0.717, 1.165) is 61.3 Å². The first kappa shape index (κ1) is 31.6. The van der Waals surface area contributed by atoms with E-state index in [0.29, 0.717) is 0 Å². The van der Waals surface area contributed by atoms with Crippen molar-refractivity contribution in [2.75, 3.05) is 4.90 Å². The Morgan fingerprint density at radius 1 is 0.259 bits per heavy atom. The smallest absolute Gasteiger partial charge is 0.135 e. The van der Waals surface area contributed by atoms with Gasteiger partial charge in [0.25, 0.3) is 0 Å². The molecule has 0 aliphatic carbocycles. The van der Waals surface area contributed by atoms with Gasteiger partial charge in [0.2, 0.25) is 0 Å². The summed E-state index contributed by atoms with van der Waals surface area (Å²) in [6.45, 7) is 0. The molecule has 0 aliphatic rings. The summed E-state index contributed by atoms with van der Waals surface area (Å²) in [6.07, 6.45) is 0. The Morgan fingerprint density at radius 3 is 1.56 bits per heavy atom. The van der Waals surface area contributed by atoms with Crippen LogP contribution in [0, 0.1) is 0 Å². The molecule has 0 atom stereocenters. The summed E-state index contributed by atoms with van der Waals surface area (Å²) in [5, 5.41) is 4.74. The molecule has 1 aromatic heterocycles. The SMILES string of the molecule is c1ccc(-c2cc(-c3ccccc3)cc(N(c3ccc(-c4ccc5ccccc5c4)cc3)c3cccc(-c4ccc5oc6ccccc6c5c4)c3)c2)cc1. The maximum Gasteiger partial charge on any atom is 0.135 e. The van der Waals surface area contributed by atoms with E-state index < -0.39 is 0 Å². The Morgan fingerprint density at radius 2 is 0.796 bits per heavy atom. The maximum absolute atomic E-state index is 6.17. The molecule has 10 aromatic rings. The third-order valence-corrected chi connectivity index (χ3v) is 10.4. The number of nitrogens with zero attached hydrogens (tertiary/aromatic N) is 1. The van der Waals surface area contributed by atoms with Crippen LogP contribution in [-0.2, 0) is 0 Å². The average molecular weight is 690 g/mol. The molecule has 0 unspecified atom stereocenters. The largest absolute Gasteiger partial charge is 0.456 e. The molecule has 0 radical (unpaired) electrons. The Labute approximate surface area is 314 Å². The number of hydrogen-bond donors (Lipinski definition) is 0.